The molecule has 0 spiro atoms. The second kappa shape index (κ2) is 8.60. The molecule has 0 saturated carbocycles. The van der Waals surface area contributed by atoms with Crippen LogP contribution in [0, 0.1) is 0 Å². The monoisotopic (exact) mass is 429 g/mol. The molecule has 29 heavy (non-hydrogen) atoms. The molecule has 3 rings (SSSR count). The molecule has 0 saturated heterocycles. The first-order valence-corrected chi connectivity index (χ1v) is 10.4. The van der Waals surface area contributed by atoms with Crippen molar-refractivity contribution in [2.24, 2.45) is 5.10 Å². The molecule has 1 aliphatic heterocycles. The van der Waals surface area contributed by atoms with Gasteiger partial charge in [0.05, 0.1) is 21.8 Å². The van der Waals surface area contributed by atoms with Crippen molar-refractivity contribution in [3.8, 4) is 0 Å². The number of amides is 1. The molecular formula is C23H25Cl2N3O. The first-order chi connectivity index (χ1) is 13.7. The third kappa shape index (κ3) is 4.65. The molecule has 6 heteroatoms. The summed E-state index contributed by atoms with van der Waals surface area (Å²) in [5, 5.41) is 4.83. The van der Waals surface area contributed by atoms with Crippen LogP contribution < -0.4 is 10.3 Å². The molecule has 0 unspecified atom stereocenters. The summed E-state index contributed by atoms with van der Waals surface area (Å²) in [6.07, 6.45) is 5.03. The van der Waals surface area contributed by atoms with Gasteiger partial charge in [0.2, 0.25) is 0 Å². The van der Waals surface area contributed by atoms with Crippen molar-refractivity contribution >= 4 is 46.6 Å². The van der Waals surface area contributed by atoms with Gasteiger partial charge in [-0.15, -0.1) is 0 Å². The highest BCUT2D eigenvalue weighted by atomic mass is 35.5. The number of rotatable bonds is 5. The van der Waals surface area contributed by atoms with Crippen molar-refractivity contribution in [3.05, 3.63) is 69.2 Å². The van der Waals surface area contributed by atoms with Gasteiger partial charge in [-0.25, -0.2) is 5.43 Å². The van der Waals surface area contributed by atoms with Gasteiger partial charge in [0, 0.05) is 23.4 Å². The molecule has 1 N–H and O–H groups in total. The van der Waals surface area contributed by atoms with E-state index in [0.29, 0.717) is 15.6 Å². The molecule has 1 aliphatic rings. The number of fused-ring (bicyclic) bond motifs is 1. The Balaban J connectivity index is 1.78. The summed E-state index contributed by atoms with van der Waals surface area (Å²) in [5.74, 6) is -0.343. The van der Waals surface area contributed by atoms with Crippen molar-refractivity contribution in [1.29, 1.82) is 0 Å². The highest BCUT2D eigenvalue weighted by Gasteiger charge is 2.30. The molecule has 0 radical (unpaired) electrons. The van der Waals surface area contributed by atoms with E-state index in [1.807, 2.05) is 6.07 Å². The van der Waals surface area contributed by atoms with E-state index in [-0.39, 0.29) is 11.4 Å². The lowest BCUT2D eigenvalue weighted by Crippen LogP contribution is -2.45. The number of hydrogen-bond donors (Lipinski definition) is 1. The summed E-state index contributed by atoms with van der Waals surface area (Å²) in [4.78, 5) is 14.7. The van der Waals surface area contributed by atoms with Gasteiger partial charge in [-0.3, -0.25) is 4.79 Å². The van der Waals surface area contributed by atoms with Crippen molar-refractivity contribution in [2.75, 3.05) is 11.4 Å². The number of hydrazone groups is 1. The molecule has 1 heterocycles. The fourth-order valence-corrected chi connectivity index (χ4v) is 3.98. The van der Waals surface area contributed by atoms with Crippen LogP contribution in [-0.4, -0.2) is 24.2 Å². The van der Waals surface area contributed by atoms with Crippen LogP contribution in [0.1, 0.15) is 55.6 Å². The lowest BCUT2D eigenvalue weighted by atomic mass is 9.88. The van der Waals surface area contributed by atoms with Gasteiger partial charge in [-0.2, -0.15) is 5.10 Å². The van der Waals surface area contributed by atoms with Crippen LogP contribution in [0.2, 0.25) is 10.0 Å². The average Bonchev–Trinajstić information content (AvgIpc) is 2.67. The number of nitrogens with one attached hydrogen (secondary N) is 1. The number of nitrogens with zero attached hydrogens (tertiary/aromatic N) is 2. The Morgan fingerprint density at radius 2 is 1.93 bits per heavy atom. The number of allylic oxidation sites excluding steroid dienone is 1. The summed E-state index contributed by atoms with van der Waals surface area (Å²) in [7, 11) is 0. The van der Waals surface area contributed by atoms with Crippen LogP contribution >= 0.6 is 23.2 Å². The van der Waals surface area contributed by atoms with Crippen molar-refractivity contribution in [3.63, 3.8) is 0 Å². The molecule has 2 aromatic rings. The van der Waals surface area contributed by atoms with E-state index in [9.17, 15) is 4.79 Å². The molecule has 0 atom stereocenters. The average molecular weight is 430 g/mol. The molecule has 0 aromatic heterocycles. The summed E-state index contributed by atoms with van der Waals surface area (Å²) in [6.45, 7) is 9.80. The van der Waals surface area contributed by atoms with E-state index in [1.54, 1.807) is 18.3 Å². The minimum atomic E-state index is -0.343. The SMILES string of the molecule is CCCN1c2ccc(/C=N\NC(=O)c3ccc(Cl)c(Cl)c3)cc2C(C)=CC1(C)C. The summed E-state index contributed by atoms with van der Waals surface area (Å²) in [6, 6.07) is 11.0. The topological polar surface area (TPSA) is 44.7 Å². The molecule has 0 fully saturated rings. The van der Waals surface area contributed by atoms with Crippen LogP contribution in [0.25, 0.3) is 5.57 Å². The van der Waals surface area contributed by atoms with Crippen LogP contribution in [0.3, 0.4) is 0 Å². The zero-order chi connectivity index (χ0) is 21.2. The summed E-state index contributed by atoms with van der Waals surface area (Å²) in [5.41, 5.74) is 7.50. The maximum absolute atomic E-state index is 12.2. The van der Waals surface area contributed by atoms with E-state index in [4.69, 9.17) is 23.2 Å². The molecule has 1 amide bonds. The predicted molar refractivity (Wildman–Crippen MR) is 123 cm³/mol. The van der Waals surface area contributed by atoms with Gasteiger partial charge in [0.1, 0.15) is 0 Å². The number of anilines is 1. The van der Waals surface area contributed by atoms with Crippen LogP contribution in [-0.2, 0) is 0 Å². The Kier molecular flexibility index (Phi) is 6.35. The van der Waals surface area contributed by atoms with Gasteiger partial charge in [-0.1, -0.05) is 42.3 Å². The van der Waals surface area contributed by atoms with Crippen molar-refractivity contribution in [1.82, 2.24) is 5.43 Å². The highest BCUT2D eigenvalue weighted by molar-refractivity contribution is 6.42. The number of carbonyl (C=O) groups is 1. The van der Waals surface area contributed by atoms with E-state index in [1.165, 1.54) is 22.9 Å². The minimum Gasteiger partial charge on any atom is -0.362 e. The van der Waals surface area contributed by atoms with Gasteiger partial charge < -0.3 is 4.90 Å². The summed E-state index contributed by atoms with van der Waals surface area (Å²) >= 11 is 11.8. The lowest BCUT2D eigenvalue weighted by molar-refractivity contribution is 0.0955. The molecule has 2 aromatic carbocycles. The van der Waals surface area contributed by atoms with E-state index < -0.39 is 0 Å². The second-order valence-electron chi connectivity index (χ2n) is 7.74. The Hall–Kier alpha value is -2.30. The van der Waals surface area contributed by atoms with Crippen LogP contribution in [0.4, 0.5) is 5.69 Å². The number of carbonyl (C=O) groups excluding carboxylic acids is 1. The van der Waals surface area contributed by atoms with E-state index in [2.05, 4.69) is 61.3 Å². The van der Waals surface area contributed by atoms with Gasteiger partial charge >= 0.3 is 0 Å². The quantitative estimate of drug-likeness (QED) is 0.456. The number of benzene rings is 2. The number of hydrogen-bond acceptors (Lipinski definition) is 3. The first kappa shape index (κ1) is 21.4. The first-order valence-electron chi connectivity index (χ1n) is 9.63. The lowest BCUT2D eigenvalue weighted by Gasteiger charge is -2.43. The van der Waals surface area contributed by atoms with Gasteiger partial charge in [0.25, 0.3) is 5.91 Å². The maximum Gasteiger partial charge on any atom is 0.271 e. The molecule has 152 valence electrons. The minimum absolute atomic E-state index is 0.0173. The zero-order valence-corrected chi connectivity index (χ0v) is 18.6. The van der Waals surface area contributed by atoms with Gasteiger partial charge in [-0.05, 0) is 68.7 Å². The Morgan fingerprint density at radius 3 is 2.62 bits per heavy atom. The normalized spacial score (nSPS) is 15.2. The smallest absolute Gasteiger partial charge is 0.271 e. The molecular weight excluding hydrogens is 405 g/mol. The fraction of sp³-hybridized carbons (Fsp3) is 0.304. The molecule has 4 nitrogen and oxygen atoms in total. The fourth-order valence-electron chi connectivity index (χ4n) is 3.68. The zero-order valence-electron chi connectivity index (χ0n) is 17.1. The Bertz CT molecular complexity index is 996. The third-order valence-electron chi connectivity index (χ3n) is 5.01. The summed E-state index contributed by atoms with van der Waals surface area (Å²) < 4.78 is 0. The third-order valence-corrected chi connectivity index (χ3v) is 5.75. The van der Waals surface area contributed by atoms with Crippen molar-refractivity contribution < 1.29 is 4.79 Å². The second-order valence-corrected chi connectivity index (χ2v) is 8.55. The molecule has 0 bridgehead atoms. The number of halogens is 2. The Morgan fingerprint density at radius 1 is 1.17 bits per heavy atom. The van der Waals surface area contributed by atoms with E-state index >= 15 is 0 Å². The van der Waals surface area contributed by atoms with Crippen LogP contribution in [0.15, 0.2) is 47.6 Å². The molecule has 0 aliphatic carbocycles. The van der Waals surface area contributed by atoms with Crippen LogP contribution in [0.5, 0.6) is 0 Å². The maximum atomic E-state index is 12.2. The van der Waals surface area contributed by atoms with Crippen molar-refractivity contribution in [2.45, 2.75) is 39.7 Å². The largest absolute Gasteiger partial charge is 0.362 e. The van der Waals surface area contributed by atoms with E-state index in [0.717, 1.165) is 18.5 Å². The Labute approximate surface area is 182 Å². The predicted octanol–water partition coefficient (Wildman–Crippen LogP) is 6.17. The standard InChI is InChI=1S/C23H25Cl2N3O/c1-5-10-28-21-9-6-16(11-18(21)15(2)13-23(28,3)4)14-26-27-22(29)17-7-8-19(24)20(25)12-17/h6-9,11-14H,5,10H2,1-4H3,(H,27,29)/b26-14-. The highest BCUT2D eigenvalue weighted by Crippen LogP contribution is 2.39. The van der Waals surface area contributed by atoms with Gasteiger partial charge in [0.15, 0.2) is 0 Å².